The number of rotatable bonds is 1. The molecule has 0 amide bonds. The topological polar surface area (TPSA) is 91.0 Å². The Balaban J connectivity index is 2.57. The van der Waals surface area contributed by atoms with E-state index in [0.717, 1.165) is 0 Å². The number of fused-ring (bicyclic) bond motifs is 1. The zero-order chi connectivity index (χ0) is 11.7. The molecule has 1 aromatic rings. The minimum Gasteiger partial charge on any atom is -0.505 e. The van der Waals surface area contributed by atoms with Crippen molar-refractivity contribution in [1.82, 2.24) is 0 Å². The third kappa shape index (κ3) is 1.48. The van der Waals surface area contributed by atoms with Crippen molar-refractivity contribution in [1.29, 1.82) is 0 Å². The number of benzene rings is 1. The number of phenols is 1. The lowest BCUT2D eigenvalue weighted by Crippen LogP contribution is -2.17. The summed E-state index contributed by atoms with van der Waals surface area (Å²) in [6.07, 6.45) is 0. The highest BCUT2D eigenvalue weighted by Crippen LogP contribution is 2.43. The van der Waals surface area contributed by atoms with Crippen LogP contribution in [0.3, 0.4) is 0 Å². The van der Waals surface area contributed by atoms with E-state index in [2.05, 4.69) is 4.74 Å². The van der Waals surface area contributed by atoms with Crippen LogP contribution in [0, 0.1) is 0 Å². The van der Waals surface area contributed by atoms with Crippen molar-refractivity contribution in [2.24, 2.45) is 0 Å². The summed E-state index contributed by atoms with van der Waals surface area (Å²) >= 11 is 0. The van der Waals surface area contributed by atoms with Crippen molar-refractivity contribution in [3.05, 3.63) is 11.6 Å². The largest absolute Gasteiger partial charge is 0.505 e. The highest BCUT2D eigenvalue weighted by molar-refractivity contribution is 5.96. The zero-order valence-corrected chi connectivity index (χ0v) is 8.65. The monoisotopic (exact) mass is 225 g/mol. The Morgan fingerprint density at radius 2 is 2.19 bits per heavy atom. The molecular formula is C10H11NO5. The van der Waals surface area contributed by atoms with Gasteiger partial charge in [-0.05, 0) is 0 Å². The number of ether oxygens (including phenoxy) is 3. The van der Waals surface area contributed by atoms with Gasteiger partial charge < -0.3 is 25.1 Å². The molecule has 0 fully saturated rings. The number of aromatic hydroxyl groups is 1. The number of carbonyl (C=O) groups is 1. The quantitative estimate of drug-likeness (QED) is 0.411. The van der Waals surface area contributed by atoms with Crippen LogP contribution in [0.1, 0.15) is 10.4 Å². The van der Waals surface area contributed by atoms with Gasteiger partial charge >= 0.3 is 5.97 Å². The number of hydrogen-bond acceptors (Lipinski definition) is 6. The van der Waals surface area contributed by atoms with Crippen LogP contribution in [-0.4, -0.2) is 31.4 Å². The highest BCUT2D eigenvalue weighted by atomic mass is 16.6. The van der Waals surface area contributed by atoms with Gasteiger partial charge in [-0.1, -0.05) is 0 Å². The van der Waals surface area contributed by atoms with Crippen LogP contribution in [0.25, 0.3) is 0 Å². The van der Waals surface area contributed by atoms with Crippen LogP contribution in [0.5, 0.6) is 17.2 Å². The Labute approximate surface area is 91.5 Å². The van der Waals surface area contributed by atoms with E-state index >= 15 is 0 Å². The molecule has 1 aliphatic heterocycles. The van der Waals surface area contributed by atoms with Gasteiger partial charge in [-0.15, -0.1) is 0 Å². The predicted molar refractivity (Wildman–Crippen MR) is 54.8 cm³/mol. The molecule has 0 atom stereocenters. The van der Waals surface area contributed by atoms with Gasteiger partial charge in [-0.3, -0.25) is 0 Å². The van der Waals surface area contributed by atoms with E-state index in [1.165, 1.54) is 13.2 Å². The molecule has 0 radical (unpaired) electrons. The minimum absolute atomic E-state index is 0.0161. The van der Waals surface area contributed by atoms with Gasteiger partial charge in [0.2, 0.25) is 0 Å². The molecule has 1 aliphatic rings. The maximum atomic E-state index is 11.3. The molecule has 16 heavy (non-hydrogen) atoms. The number of hydrogen-bond donors (Lipinski definition) is 2. The van der Waals surface area contributed by atoms with Crippen molar-refractivity contribution >= 4 is 11.7 Å². The summed E-state index contributed by atoms with van der Waals surface area (Å²) in [6, 6.07) is 1.35. The van der Waals surface area contributed by atoms with Crippen LogP contribution in [0.2, 0.25) is 0 Å². The molecule has 1 heterocycles. The fourth-order valence-electron chi connectivity index (χ4n) is 1.47. The van der Waals surface area contributed by atoms with Crippen molar-refractivity contribution < 1.29 is 24.1 Å². The lowest BCUT2D eigenvalue weighted by atomic mass is 10.1. The van der Waals surface area contributed by atoms with E-state index < -0.39 is 5.97 Å². The van der Waals surface area contributed by atoms with Gasteiger partial charge in [0, 0.05) is 6.07 Å². The van der Waals surface area contributed by atoms with Gasteiger partial charge in [-0.25, -0.2) is 4.79 Å². The fraction of sp³-hybridized carbons (Fsp3) is 0.300. The van der Waals surface area contributed by atoms with Gasteiger partial charge in [-0.2, -0.15) is 0 Å². The van der Waals surface area contributed by atoms with E-state index in [9.17, 15) is 9.90 Å². The molecule has 0 saturated carbocycles. The second-order valence-corrected chi connectivity index (χ2v) is 3.20. The number of carbonyl (C=O) groups excluding carboxylic acids is 1. The first-order chi connectivity index (χ1) is 7.65. The Morgan fingerprint density at radius 1 is 1.50 bits per heavy atom. The second kappa shape index (κ2) is 3.80. The second-order valence-electron chi connectivity index (χ2n) is 3.20. The SMILES string of the molecule is COC(=O)c1cc2c(c(N)c1O)OCCO2. The molecule has 86 valence electrons. The maximum absolute atomic E-state index is 11.3. The minimum atomic E-state index is -0.679. The van der Waals surface area contributed by atoms with Gasteiger partial charge in [0.05, 0.1) is 7.11 Å². The van der Waals surface area contributed by atoms with E-state index in [4.69, 9.17) is 15.2 Å². The van der Waals surface area contributed by atoms with E-state index in [1.807, 2.05) is 0 Å². The van der Waals surface area contributed by atoms with E-state index in [-0.39, 0.29) is 22.7 Å². The van der Waals surface area contributed by atoms with Crippen molar-refractivity contribution in [3.63, 3.8) is 0 Å². The Bertz CT molecular complexity index is 443. The van der Waals surface area contributed by atoms with Crippen LogP contribution in [-0.2, 0) is 4.74 Å². The summed E-state index contributed by atoms with van der Waals surface area (Å²) < 4.78 is 15.0. The normalized spacial score (nSPS) is 13.3. The summed E-state index contributed by atoms with van der Waals surface area (Å²) in [7, 11) is 1.22. The molecule has 2 rings (SSSR count). The summed E-state index contributed by atoms with van der Waals surface area (Å²) in [6.45, 7) is 0.728. The fourth-order valence-corrected chi connectivity index (χ4v) is 1.47. The highest BCUT2D eigenvalue weighted by Gasteiger charge is 2.24. The molecule has 0 bridgehead atoms. The van der Waals surface area contributed by atoms with E-state index in [1.54, 1.807) is 0 Å². The zero-order valence-electron chi connectivity index (χ0n) is 8.65. The molecule has 1 aromatic carbocycles. The summed E-state index contributed by atoms with van der Waals surface area (Å²) in [5.74, 6) is -0.435. The van der Waals surface area contributed by atoms with Gasteiger partial charge in [0.15, 0.2) is 17.2 Å². The maximum Gasteiger partial charge on any atom is 0.341 e. The number of phenolic OH excluding ortho intramolecular Hbond substituents is 1. The molecule has 0 unspecified atom stereocenters. The first kappa shape index (κ1) is 10.4. The van der Waals surface area contributed by atoms with Crippen molar-refractivity contribution in [2.45, 2.75) is 0 Å². The third-order valence-electron chi connectivity index (χ3n) is 2.25. The Hall–Kier alpha value is -2.11. The van der Waals surface area contributed by atoms with Gasteiger partial charge in [0.1, 0.15) is 24.5 Å². The average Bonchev–Trinajstić information content (AvgIpc) is 2.33. The number of nitrogen functional groups attached to an aromatic ring is 1. The molecule has 0 spiro atoms. The first-order valence-corrected chi connectivity index (χ1v) is 4.64. The van der Waals surface area contributed by atoms with Crippen molar-refractivity contribution in [2.75, 3.05) is 26.1 Å². The molecule has 0 saturated heterocycles. The van der Waals surface area contributed by atoms with Crippen LogP contribution < -0.4 is 15.2 Å². The third-order valence-corrected chi connectivity index (χ3v) is 2.25. The number of anilines is 1. The van der Waals surface area contributed by atoms with Crippen LogP contribution in [0.4, 0.5) is 5.69 Å². The lowest BCUT2D eigenvalue weighted by molar-refractivity contribution is 0.0596. The molecule has 6 nitrogen and oxygen atoms in total. The smallest absolute Gasteiger partial charge is 0.341 e. The number of esters is 1. The number of methoxy groups -OCH3 is 1. The lowest BCUT2D eigenvalue weighted by Gasteiger charge is -2.21. The first-order valence-electron chi connectivity index (χ1n) is 4.64. The van der Waals surface area contributed by atoms with Crippen LogP contribution >= 0.6 is 0 Å². The summed E-state index contributed by atoms with van der Waals surface area (Å²) in [5.41, 5.74) is 5.58. The number of nitrogens with two attached hydrogens (primary N) is 1. The van der Waals surface area contributed by atoms with Gasteiger partial charge in [0.25, 0.3) is 0 Å². The molecule has 0 aliphatic carbocycles. The average molecular weight is 225 g/mol. The molecule has 0 aromatic heterocycles. The summed E-state index contributed by atoms with van der Waals surface area (Å²) in [5, 5.41) is 9.69. The molecule has 6 heteroatoms. The van der Waals surface area contributed by atoms with Crippen molar-refractivity contribution in [3.8, 4) is 17.2 Å². The Kier molecular flexibility index (Phi) is 2.47. The Morgan fingerprint density at radius 3 is 2.88 bits per heavy atom. The van der Waals surface area contributed by atoms with Crippen LogP contribution in [0.15, 0.2) is 6.07 Å². The van der Waals surface area contributed by atoms with E-state index in [0.29, 0.717) is 19.0 Å². The predicted octanol–water partition coefficient (Wildman–Crippen LogP) is 0.532. The standard InChI is InChI=1S/C10H11NO5/c1-14-10(13)5-4-6-9(7(11)8(5)12)16-3-2-15-6/h4,12H,2-3,11H2,1H3. The summed E-state index contributed by atoms with van der Waals surface area (Å²) in [4.78, 5) is 11.3. The molecule has 3 N–H and O–H groups in total. The molecular weight excluding hydrogens is 214 g/mol.